The van der Waals surface area contributed by atoms with Gasteiger partial charge in [0.1, 0.15) is 11.6 Å². The van der Waals surface area contributed by atoms with Crippen LogP contribution in [0.4, 0.5) is 24.8 Å². The molecule has 8 nitrogen and oxygen atoms in total. The molecule has 1 aromatic carbocycles. The Morgan fingerprint density at radius 3 is 2.39 bits per heavy atom. The van der Waals surface area contributed by atoms with Gasteiger partial charge in [0, 0.05) is 18.7 Å². The molecule has 0 amide bonds. The first-order valence-corrected chi connectivity index (χ1v) is 12.5. The number of nitrogens with one attached hydrogen (secondary N) is 1. The predicted molar refractivity (Wildman–Crippen MR) is 129 cm³/mol. The number of alkyl halides is 3. The molecular weight excluding hydrogens is 497 g/mol. The fraction of sp³-hybridized carbons (Fsp3) is 0.292. The molecule has 2 aromatic heterocycles. The number of aryl methyl sites for hydroxylation is 1. The van der Waals surface area contributed by atoms with E-state index in [0.29, 0.717) is 18.5 Å². The number of aliphatic carboxylic acids is 1. The van der Waals surface area contributed by atoms with E-state index in [1.165, 1.54) is 18.2 Å². The number of rotatable bonds is 10. The number of benzene rings is 1. The lowest BCUT2D eigenvalue weighted by Gasteiger charge is -2.23. The summed E-state index contributed by atoms with van der Waals surface area (Å²) >= 11 is 0. The number of hydrogen-bond donors (Lipinski definition) is 2. The van der Waals surface area contributed by atoms with Gasteiger partial charge in [-0.3, -0.25) is 9.52 Å². The van der Waals surface area contributed by atoms with Crippen LogP contribution in [0.2, 0.25) is 0 Å². The van der Waals surface area contributed by atoms with Crippen LogP contribution in [0.3, 0.4) is 0 Å². The molecule has 0 fully saturated rings. The number of carboxylic acid groups (broad SMARTS) is 1. The Labute approximate surface area is 206 Å². The van der Waals surface area contributed by atoms with Crippen molar-refractivity contribution in [2.45, 2.75) is 37.9 Å². The van der Waals surface area contributed by atoms with Crippen LogP contribution in [-0.2, 0) is 21.0 Å². The molecule has 12 heteroatoms. The van der Waals surface area contributed by atoms with Crippen molar-refractivity contribution < 1.29 is 31.5 Å². The van der Waals surface area contributed by atoms with Gasteiger partial charge in [0.15, 0.2) is 5.03 Å². The molecule has 192 valence electrons. The second kappa shape index (κ2) is 10.9. The first kappa shape index (κ1) is 26.9. The molecule has 0 spiro atoms. The number of anilines is 2. The van der Waals surface area contributed by atoms with E-state index in [4.69, 9.17) is 5.11 Å². The maximum atomic E-state index is 13.7. The average Bonchev–Trinajstić information content (AvgIpc) is 2.81. The highest BCUT2D eigenvalue weighted by atomic mass is 32.2. The van der Waals surface area contributed by atoms with E-state index in [1.54, 1.807) is 36.1 Å². The first-order valence-electron chi connectivity index (χ1n) is 11.0. The molecule has 0 aliphatic heterocycles. The number of nitrogens with zero attached hydrogens (tertiary/aromatic N) is 3. The number of carboxylic acids is 1. The number of carbonyl (C=O) groups is 1. The van der Waals surface area contributed by atoms with Gasteiger partial charge < -0.3 is 10.0 Å². The monoisotopic (exact) mass is 522 g/mol. The van der Waals surface area contributed by atoms with Crippen molar-refractivity contribution in [3.63, 3.8) is 0 Å². The standard InChI is InChI=1S/C24H25F3N4O4S/c1-3-14-31(15-13-22(32)33)20-9-6-10-21(29-20)36(34,35)30-19-12-11-18(24(25,26)27)23(28-19)17-8-5-4-7-16(17)2/h4-12H,3,13-15H2,1-2H3,(H,28,30)(H,32,33). The molecule has 36 heavy (non-hydrogen) atoms. The molecule has 0 radical (unpaired) electrons. The van der Waals surface area contributed by atoms with Crippen molar-refractivity contribution >= 4 is 27.6 Å². The third kappa shape index (κ3) is 6.51. The van der Waals surface area contributed by atoms with Gasteiger partial charge in [0.2, 0.25) is 0 Å². The highest BCUT2D eigenvalue weighted by molar-refractivity contribution is 7.92. The Balaban J connectivity index is 1.98. The van der Waals surface area contributed by atoms with Crippen molar-refractivity contribution in [3.8, 4) is 11.3 Å². The Morgan fingerprint density at radius 2 is 1.75 bits per heavy atom. The van der Waals surface area contributed by atoms with Crippen molar-refractivity contribution in [3.05, 3.63) is 65.7 Å². The van der Waals surface area contributed by atoms with Gasteiger partial charge in [-0.25, -0.2) is 9.97 Å². The highest BCUT2D eigenvalue weighted by Crippen LogP contribution is 2.38. The van der Waals surface area contributed by atoms with Crippen LogP contribution < -0.4 is 9.62 Å². The Morgan fingerprint density at radius 1 is 1.03 bits per heavy atom. The summed E-state index contributed by atoms with van der Waals surface area (Å²) in [5, 5.41) is 8.61. The molecule has 0 aliphatic carbocycles. The number of pyridine rings is 2. The molecule has 0 saturated heterocycles. The lowest BCUT2D eigenvalue weighted by atomic mass is 10.0. The maximum Gasteiger partial charge on any atom is 0.418 e. The molecule has 0 bridgehead atoms. The SMILES string of the molecule is CCCN(CCC(=O)O)c1cccc(S(=O)(=O)Nc2ccc(C(F)(F)F)c(-c3ccccc3C)n2)n1. The lowest BCUT2D eigenvalue weighted by Crippen LogP contribution is -2.28. The fourth-order valence-electron chi connectivity index (χ4n) is 3.55. The molecule has 3 rings (SSSR count). The van der Waals surface area contributed by atoms with E-state index < -0.39 is 33.4 Å². The summed E-state index contributed by atoms with van der Waals surface area (Å²) in [5.74, 6) is -1.04. The van der Waals surface area contributed by atoms with Crippen LogP contribution in [0, 0.1) is 6.92 Å². The van der Waals surface area contributed by atoms with Crippen molar-refractivity contribution in [1.82, 2.24) is 9.97 Å². The van der Waals surface area contributed by atoms with E-state index in [1.807, 2.05) is 6.92 Å². The molecule has 3 aromatic rings. The second-order valence-electron chi connectivity index (χ2n) is 7.98. The smallest absolute Gasteiger partial charge is 0.418 e. The van der Waals surface area contributed by atoms with Crippen LogP contribution in [0.25, 0.3) is 11.3 Å². The molecule has 0 unspecified atom stereocenters. The summed E-state index contributed by atoms with van der Waals surface area (Å²) in [5.41, 5.74) is -0.624. The van der Waals surface area contributed by atoms with Gasteiger partial charge in [-0.15, -0.1) is 0 Å². The number of aromatic nitrogens is 2. The van der Waals surface area contributed by atoms with E-state index in [0.717, 1.165) is 12.1 Å². The summed E-state index contributed by atoms with van der Waals surface area (Å²) in [4.78, 5) is 20.8. The minimum Gasteiger partial charge on any atom is -0.481 e. The summed E-state index contributed by atoms with van der Waals surface area (Å²) in [6.07, 6.45) is -4.18. The summed E-state index contributed by atoms with van der Waals surface area (Å²) < 4.78 is 69.3. The zero-order valence-corrected chi connectivity index (χ0v) is 20.4. The van der Waals surface area contributed by atoms with Gasteiger partial charge in [-0.05, 0) is 43.2 Å². The van der Waals surface area contributed by atoms with Crippen LogP contribution in [-0.4, -0.2) is 42.6 Å². The molecule has 2 heterocycles. The van der Waals surface area contributed by atoms with E-state index >= 15 is 0 Å². The molecular formula is C24H25F3N4O4S. The first-order chi connectivity index (χ1) is 16.9. The summed E-state index contributed by atoms with van der Waals surface area (Å²) in [7, 11) is -4.32. The van der Waals surface area contributed by atoms with Crippen LogP contribution >= 0.6 is 0 Å². The zero-order valence-electron chi connectivity index (χ0n) is 19.6. The van der Waals surface area contributed by atoms with Gasteiger partial charge in [0.05, 0.1) is 17.7 Å². The van der Waals surface area contributed by atoms with Gasteiger partial charge in [-0.2, -0.15) is 21.6 Å². The summed E-state index contributed by atoms with van der Waals surface area (Å²) in [6.45, 7) is 4.11. The van der Waals surface area contributed by atoms with Crippen LogP contribution in [0.15, 0.2) is 59.6 Å². The van der Waals surface area contributed by atoms with Crippen molar-refractivity contribution in [2.24, 2.45) is 0 Å². The normalized spacial score (nSPS) is 11.8. The third-order valence-corrected chi connectivity index (χ3v) is 6.49. The van der Waals surface area contributed by atoms with Crippen molar-refractivity contribution in [1.29, 1.82) is 0 Å². The van der Waals surface area contributed by atoms with E-state index in [9.17, 15) is 26.4 Å². The van der Waals surface area contributed by atoms with Crippen LogP contribution in [0.5, 0.6) is 0 Å². The molecule has 0 aliphatic rings. The van der Waals surface area contributed by atoms with Gasteiger partial charge >= 0.3 is 12.1 Å². The number of hydrogen-bond acceptors (Lipinski definition) is 6. The predicted octanol–water partition coefficient (Wildman–Crippen LogP) is 4.96. The Hall–Kier alpha value is -3.67. The van der Waals surface area contributed by atoms with Crippen LogP contribution in [0.1, 0.15) is 30.9 Å². The minimum atomic E-state index is -4.70. The quantitative estimate of drug-likeness (QED) is 0.387. The maximum absolute atomic E-state index is 13.7. The molecule has 0 saturated carbocycles. The topological polar surface area (TPSA) is 112 Å². The number of halogens is 3. The molecule has 0 atom stereocenters. The van der Waals surface area contributed by atoms with Gasteiger partial charge in [-0.1, -0.05) is 37.3 Å². The Kier molecular flexibility index (Phi) is 8.18. The summed E-state index contributed by atoms with van der Waals surface area (Å²) in [6, 6.07) is 12.3. The van der Waals surface area contributed by atoms with Crippen molar-refractivity contribution in [2.75, 3.05) is 22.7 Å². The van der Waals surface area contributed by atoms with E-state index in [-0.39, 0.29) is 35.2 Å². The average molecular weight is 523 g/mol. The fourth-order valence-corrected chi connectivity index (χ4v) is 4.51. The zero-order chi connectivity index (χ0) is 26.5. The lowest BCUT2D eigenvalue weighted by molar-refractivity contribution is -0.138. The third-order valence-electron chi connectivity index (χ3n) is 5.24. The second-order valence-corrected chi connectivity index (χ2v) is 9.60. The highest BCUT2D eigenvalue weighted by Gasteiger charge is 2.35. The minimum absolute atomic E-state index is 0.132. The van der Waals surface area contributed by atoms with E-state index in [2.05, 4.69) is 14.7 Å². The van der Waals surface area contributed by atoms with Gasteiger partial charge in [0.25, 0.3) is 10.0 Å². The Bertz CT molecular complexity index is 1350. The largest absolute Gasteiger partial charge is 0.481 e. The number of sulfonamides is 1. The molecule has 2 N–H and O–H groups in total.